The maximum Gasteiger partial charge on any atom is 0.248 e. The van der Waals surface area contributed by atoms with Crippen LogP contribution in [0.25, 0.3) is 0 Å². The Morgan fingerprint density at radius 1 is 1.58 bits per heavy atom. The molecule has 104 valence electrons. The monoisotopic (exact) mass is 280 g/mol. The van der Waals surface area contributed by atoms with Gasteiger partial charge < -0.3 is 15.4 Å². The largest absolute Gasteiger partial charge is 0.369 e. The summed E-state index contributed by atoms with van der Waals surface area (Å²) in [4.78, 5) is 14.4. The zero-order valence-electron chi connectivity index (χ0n) is 11.6. The molecule has 0 fully saturated rings. The Morgan fingerprint density at radius 2 is 2.32 bits per heavy atom. The van der Waals surface area contributed by atoms with Gasteiger partial charge in [-0.3, -0.25) is 4.79 Å². The van der Waals surface area contributed by atoms with E-state index in [1.807, 2.05) is 25.3 Å². The van der Waals surface area contributed by atoms with Crippen LogP contribution in [-0.2, 0) is 16.1 Å². The van der Waals surface area contributed by atoms with Crippen molar-refractivity contribution in [1.29, 1.82) is 0 Å². The second kappa shape index (κ2) is 7.95. The van der Waals surface area contributed by atoms with E-state index in [4.69, 9.17) is 10.5 Å². The van der Waals surface area contributed by atoms with Crippen LogP contribution in [0.15, 0.2) is 11.4 Å². The van der Waals surface area contributed by atoms with Crippen LogP contribution in [-0.4, -0.2) is 37.1 Å². The Bertz CT molecular complexity index is 471. The summed E-state index contributed by atoms with van der Waals surface area (Å²) in [5, 5.41) is 2.01. The quantitative estimate of drug-likeness (QED) is 0.830. The molecule has 0 aliphatic carbocycles. The number of ether oxygens (including phenoxy) is 1. The summed E-state index contributed by atoms with van der Waals surface area (Å²) < 4.78 is 5.30. The lowest BCUT2D eigenvalue weighted by Crippen LogP contribution is -2.30. The average Bonchev–Trinajstić information content (AvgIpc) is 2.80. The van der Waals surface area contributed by atoms with Gasteiger partial charge in [0.25, 0.3) is 0 Å². The molecular formula is C14H20N2O2S. The molecule has 0 bridgehead atoms. The van der Waals surface area contributed by atoms with Crippen LogP contribution in [0.3, 0.4) is 0 Å². The average molecular weight is 280 g/mol. The maximum atomic E-state index is 11.8. The van der Waals surface area contributed by atoms with E-state index in [-0.39, 0.29) is 18.6 Å². The smallest absolute Gasteiger partial charge is 0.248 e. The van der Waals surface area contributed by atoms with Gasteiger partial charge in [-0.05, 0) is 30.9 Å². The standard InChI is InChI=1S/C14H20N2O2S/c1-11(2)18-9-14(17)16(3)8-12-7-13(19-10-12)5-4-6-15/h7,10-11H,6,8-9,15H2,1-3H3. The second-order valence-electron chi connectivity index (χ2n) is 4.43. The number of hydrogen-bond acceptors (Lipinski definition) is 4. The third kappa shape index (κ3) is 5.88. The van der Waals surface area contributed by atoms with E-state index in [0.717, 1.165) is 10.4 Å². The molecule has 1 aromatic heterocycles. The molecule has 0 unspecified atom stereocenters. The fourth-order valence-corrected chi connectivity index (χ4v) is 2.14. The van der Waals surface area contributed by atoms with Crippen molar-refractivity contribution in [2.24, 2.45) is 5.73 Å². The molecule has 0 aliphatic heterocycles. The van der Waals surface area contributed by atoms with Crippen molar-refractivity contribution in [2.45, 2.75) is 26.5 Å². The van der Waals surface area contributed by atoms with Gasteiger partial charge in [-0.1, -0.05) is 11.8 Å². The Labute approximate surface area is 118 Å². The normalized spacial score (nSPS) is 10.2. The zero-order valence-corrected chi connectivity index (χ0v) is 12.4. The Hall–Kier alpha value is -1.35. The number of nitrogens with two attached hydrogens (primary N) is 1. The van der Waals surface area contributed by atoms with Crippen LogP contribution in [0.5, 0.6) is 0 Å². The van der Waals surface area contributed by atoms with Crippen molar-refractivity contribution in [3.63, 3.8) is 0 Å². The number of amides is 1. The zero-order chi connectivity index (χ0) is 14.3. The van der Waals surface area contributed by atoms with Crippen LogP contribution in [0.2, 0.25) is 0 Å². The van der Waals surface area contributed by atoms with Crippen molar-refractivity contribution in [1.82, 2.24) is 4.90 Å². The molecule has 0 saturated carbocycles. The highest BCUT2D eigenvalue weighted by molar-refractivity contribution is 7.10. The highest BCUT2D eigenvalue weighted by Crippen LogP contribution is 2.15. The van der Waals surface area contributed by atoms with E-state index in [9.17, 15) is 4.79 Å². The number of rotatable bonds is 5. The van der Waals surface area contributed by atoms with Crippen molar-refractivity contribution < 1.29 is 9.53 Å². The topological polar surface area (TPSA) is 55.6 Å². The number of nitrogens with zero attached hydrogens (tertiary/aromatic N) is 1. The van der Waals surface area contributed by atoms with Crippen molar-refractivity contribution in [2.75, 3.05) is 20.2 Å². The van der Waals surface area contributed by atoms with Gasteiger partial charge in [0.15, 0.2) is 0 Å². The van der Waals surface area contributed by atoms with Gasteiger partial charge in [-0.2, -0.15) is 0 Å². The first-order valence-electron chi connectivity index (χ1n) is 6.15. The number of carbonyl (C=O) groups excluding carboxylic acids is 1. The first-order valence-corrected chi connectivity index (χ1v) is 7.02. The van der Waals surface area contributed by atoms with Crippen molar-refractivity contribution in [3.8, 4) is 11.8 Å². The highest BCUT2D eigenvalue weighted by atomic mass is 32.1. The molecule has 0 atom stereocenters. The number of thiophene rings is 1. The molecule has 5 heteroatoms. The predicted molar refractivity (Wildman–Crippen MR) is 77.8 cm³/mol. The minimum Gasteiger partial charge on any atom is -0.369 e. The van der Waals surface area contributed by atoms with Crippen molar-refractivity contribution >= 4 is 17.2 Å². The van der Waals surface area contributed by atoms with Gasteiger partial charge in [-0.15, -0.1) is 11.3 Å². The predicted octanol–water partition coefficient (Wildman–Crippen LogP) is 1.44. The van der Waals surface area contributed by atoms with Crippen LogP contribution in [0, 0.1) is 11.8 Å². The molecule has 0 aromatic carbocycles. The lowest BCUT2D eigenvalue weighted by Gasteiger charge is -2.17. The first kappa shape index (κ1) is 15.7. The molecule has 0 aliphatic rings. The summed E-state index contributed by atoms with van der Waals surface area (Å²) in [6.45, 7) is 4.88. The van der Waals surface area contributed by atoms with Gasteiger partial charge >= 0.3 is 0 Å². The summed E-state index contributed by atoms with van der Waals surface area (Å²) in [6.07, 6.45) is 0.0663. The van der Waals surface area contributed by atoms with Gasteiger partial charge in [0.1, 0.15) is 6.61 Å². The molecule has 0 spiro atoms. The van der Waals surface area contributed by atoms with E-state index in [1.165, 1.54) is 0 Å². The summed E-state index contributed by atoms with van der Waals surface area (Å²) in [7, 11) is 1.77. The molecular weight excluding hydrogens is 260 g/mol. The second-order valence-corrected chi connectivity index (χ2v) is 5.35. The van der Waals surface area contributed by atoms with E-state index in [1.54, 1.807) is 23.3 Å². The van der Waals surface area contributed by atoms with Crippen LogP contribution in [0.4, 0.5) is 0 Å². The molecule has 4 nitrogen and oxygen atoms in total. The van der Waals surface area contributed by atoms with Crippen molar-refractivity contribution in [3.05, 3.63) is 21.9 Å². The Balaban J connectivity index is 2.49. The third-order valence-corrected chi connectivity index (χ3v) is 3.25. The summed E-state index contributed by atoms with van der Waals surface area (Å²) in [5.41, 5.74) is 6.40. The van der Waals surface area contributed by atoms with Gasteiger partial charge in [-0.25, -0.2) is 0 Å². The number of carbonyl (C=O) groups is 1. The lowest BCUT2D eigenvalue weighted by atomic mass is 10.3. The van der Waals surface area contributed by atoms with Gasteiger partial charge in [0.2, 0.25) is 5.91 Å². The minimum absolute atomic E-state index is 0.0190. The molecule has 1 amide bonds. The Kier molecular flexibility index (Phi) is 6.57. The molecule has 0 saturated heterocycles. The SMILES string of the molecule is CC(C)OCC(=O)N(C)Cc1csc(C#CCN)c1. The highest BCUT2D eigenvalue weighted by Gasteiger charge is 2.11. The van der Waals surface area contributed by atoms with E-state index >= 15 is 0 Å². The molecule has 19 heavy (non-hydrogen) atoms. The van der Waals surface area contributed by atoms with Crippen LogP contribution in [0.1, 0.15) is 24.3 Å². The first-order chi connectivity index (χ1) is 9.02. The van der Waals surface area contributed by atoms with E-state index in [2.05, 4.69) is 11.8 Å². The number of hydrogen-bond donors (Lipinski definition) is 1. The summed E-state index contributed by atoms with van der Waals surface area (Å²) >= 11 is 1.56. The lowest BCUT2D eigenvalue weighted by molar-refractivity contribution is -0.136. The van der Waals surface area contributed by atoms with Gasteiger partial charge in [0, 0.05) is 13.6 Å². The minimum atomic E-state index is -0.0190. The Morgan fingerprint density at radius 3 is 2.95 bits per heavy atom. The summed E-state index contributed by atoms with van der Waals surface area (Å²) in [5.74, 6) is 5.78. The fraction of sp³-hybridized carbons (Fsp3) is 0.500. The molecule has 1 rings (SSSR count). The van der Waals surface area contributed by atoms with Crippen LogP contribution >= 0.6 is 11.3 Å². The van der Waals surface area contributed by atoms with Crippen LogP contribution < -0.4 is 5.73 Å². The molecule has 1 aromatic rings. The molecule has 2 N–H and O–H groups in total. The fourth-order valence-electron chi connectivity index (χ4n) is 1.37. The summed E-state index contributed by atoms with van der Waals surface area (Å²) in [6, 6.07) is 1.99. The number of likely N-dealkylation sites (N-methyl/N-ethyl adjacent to an activating group) is 1. The van der Waals surface area contributed by atoms with Gasteiger partial charge in [0.05, 0.1) is 17.5 Å². The molecule has 0 radical (unpaired) electrons. The maximum absolute atomic E-state index is 11.8. The van der Waals surface area contributed by atoms with E-state index in [0.29, 0.717) is 13.1 Å². The molecule has 1 heterocycles. The third-order valence-electron chi connectivity index (χ3n) is 2.35. The van der Waals surface area contributed by atoms with E-state index < -0.39 is 0 Å².